The highest BCUT2D eigenvalue weighted by Crippen LogP contribution is 2.33. The summed E-state index contributed by atoms with van der Waals surface area (Å²) in [7, 11) is 1.68. The van der Waals surface area contributed by atoms with E-state index in [9.17, 15) is 4.79 Å². The van der Waals surface area contributed by atoms with Crippen LogP contribution in [-0.2, 0) is 0 Å². The van der Waals surface area contributed by atoms with Gasteiger partial charge in [0.2, 0.25) is 0 Å². The number of piperidine rings is 3. The number of ether oxygens (including phenoxy) is 1. The molecule has 0 radical (unpaired) electrons. The summed E-state index contributed by atoms with van der Waals surface area (Å²) in [5.74, 6) is 1.66. The Bertz CT molecular complexity index is 1210. The predicted molar refractivity (Wildman–Crippen MR) is 149 cm³/mol. The van der Waals surface area contributed by atoms with Gasteiger partial charge in [-0.2, -0.15) is 0 Å². The molecule has 4 heterocycles. The number of aromatic nitrogens is 1. The van der Waals surface area contributed by atoms with Crippen LogP contribution in [0.25, 0.3) is 22.0 Å². The van der Waals surface area contributed by atoms with Crippen molar-refractivity contribution >= 4 is 16.8 Å². The summed E-state index contributed by atoms with van der Waals surface area (Å²) in [4.78, 5) is 22.0. The maximum absolute atomic E-state index is 13.2. The van der Waals surface area contributed by atoms with Crippen LogP contribution in [-0.4, -0.2) is 72.6 Å². The lowest BCUT2D eigenvalue weighted by Gasteiger charge is -2.46. The molecule has 3 aliphatic heterocycles. The number of hydrogen-bond donors (Lipinski definition) is 2. The standard InChI is InChI=1S/C31H40N4O2/c1-37-25-12-10-22(11-13-25)26-7-4-8-28-27(26)20-29(33-28)31(36)32-24-14-18-34(19-15-24)21-23-6-5-17-35-16-3-2-9-30(23)35/h4,7-8,10-13,20,23-24,30,33H,2-3,5-6,9,14-19,21H2,1H3,(H,32,36)/t23-,30+/m0/s1. The predicted octanol–water partition coefficient (Wildman–Crippen LogP) is 5.30. The SMILES string of the molecule is COc1ccc(-c2cccc3[nH]c(C(=O)NC4CCN(C[C@@H]5CCCN6CCCC[C@H]56)CC4)cc23)cc1. The van der Waals surface area contributed by atoms with Crippen LogP contribution in [0, 0.1) is 5.92 Å². The Labute approximate surface area is 220 Å². The fourth-order valence-corrected chi connectivity index (χ4v) is 6.94. The molecule has 0 saturated carbocycles. The number of fused-ring (bicyclic) bond motifs is 2. The molecule has 3 aliphatic rings. The molecule has 0 unspecified atom stereocenters. The van der Waals surface area contributed by atoms with Crippen LogP contribution in [0.3, 0.4) is 0 Å². The Morgan fingerprint density at radius 2 is 1.78 bits per heavy atom. The van der Waals surface area contributed by atoms with Crippen molar-refractivity contribution < 1.29 is 9.53 Å². The summed E-state index contributed by atoms with van der Waals surface area (Å²) < 4.78 is 5.30. The lowest BCUT2D eigenvalue weighted by Crippen LogP contribution is -2.52. The smallest absolute Gasteiger partial charge is 0.267 e. The summed E-state index contributed by atoms with van der Waals surface area (Å²) in [5, 5.41) is 4.38. The minimum atomic E-state index is 0.000425. The van der Waals surface area contributed by atoms with Crippen molar-refractivity contribution in [3.63, 3.8) is 0 Å². The Kier molecular flexibility index (Phi) is 7.21. The van der Waals surface area contributed by atoms with Gasteiger partial charge in [0.05, 0.1) is 7.11 Å². The van der Waals surface area contributed by atoms with Crippen LogP contribution in [0.5, 0.6) is 5.75 Å². The van der Waals surface area contributed by atoms with Crippen molar-refractivity contribution in [1.29, 1.82) is 0 Å². The Morgan fingerprint density at radius 1 is 0.973 bits per heavy atom. The molecule has 37 heavy (non-hydrogen) atoms. The second-order valence-electron chi connectivity index (χ2n) is 11.2. The highest BCUT2D eigenvalue weighted by Gasteiger charge is 2.34. The minimum absolute atomic E-state index is 0.000425. The molecule has 2 N–H and O–H groups in total. The van der Waals surface area contributed by atoms with Gasteiger partial charge in [0, 0.05) is 42.6 Å². The Hall–Kier alpha value is -2.83. The largest absolute Gasteiger partial charge is 0.497 e. The van der Waals surface area contributed by atoms with E-state index in [0.717, 1.165) is 65.7 Å². The molecule has 0 spiro atoms. The zero-order valence-electron chi connectivity index (χ0n) is 22.0. The van der Waals surface area contributed by atoms with Crippen molar-refractivity contribution in [2.75, 3.05) is 39.8 Å². The molecule has 3 saturated heterocycles. The quantitative estimate of drug-likeness (QED) is 0.482. The number of aromatic amines is 1. The third-order valence-corrected chi connectivity index (χ3v) is 8.95. The van der Waals surface area contributed by atoms with E-state index in [4.69, 9.17) is 4.74 Å². The summed E-state index contributed by atoms with van der Waals surface area (Å²) in [6.07, 6.45) is 8.99. The van der Waals surface area contributed by atoms with Crippen LogP contribution < -0.4 is 10.1 Å². The summed E-state index contributed by atoms with van der Waals surface area (Å²) >= 11 is 0. The maximum atomic E-state index is 13.2. The molecule has 0 aliphatic carbocycles. The molecule has 6 rings (SSSR count). The van der Waals surface area contributed by atoms with Crippen molar-refractivity contribution in [3.05, 3.63) is 54.2 Å². The second kappa shape index (κ2) is 10.9. The molecule has 2 atom stereocenters. The molecule has 3 fully saturated rings. The number of H-pyrrole nitrogens is 1. The average Bonchev–Trinajstić information content (AvgIpc) is 3.39. The van der Waals surface area contributed by atoms with Crippen molar-refractivity contribution in [2.45, 2.75) is 57.0 Å². The van der Waals surface area contributed by atoms with Crippen molar-refractivity contribution in [2.24, 2.45) is 5.92 Å². The summed E-state index contributed by atoms with van der Waals surface area (Å²) in [5.41, 5.74) is 3.84. The molecule has 3 aromatic rings. The van der Waals surface area contributed by atoms with Crippen LogP contribution >= 0.6 is 0 Å². The van der Waals surface area contributed by atoms with E-state index in [1.807, 2.05) is 30.3 Å². The summed E-state index contributed by atoms with van der Waals surface area (Å²) in [6.45, 7) is 6.03. The molecular formula is C31H40N4O2. The second-order valence-corrected chi connectivity index (χ2v) is 11.2. The fraction of sp³-hybridized carbons (Fsp3) is 0.516. The van der Waals surface area contributed by atoms with Gasteiger partial charge < -0.3 is 24.8 Å². The first kappa shape index (κ1) is 24.5. The van der Waals surface area contributed by atoms with E-state index >= 15 is 0 Å². The molecule has 2 aromatic carbocycles. The van der Waals surface area contributed by atoms with Crippen LogP contribution in [0.15, 0.2) is 48.5 Å². The van der Waals surface area contributed by atoms with Gasteiger partial charge in [-0.15, -0.1) is 0 Å². The normalized spacial score (nSPS) is 23.6. The summed E-state index contributed by atoms with van der Waals surface area (Å²) in [6, 6.07) is 17.3. The minimum Gasteiger partial charge on any atom is -0.497 e. The Morgan fingerprint density at radius 3 is 2.59 bits per heavy atom. The van der Waals surface area contributed by atoms with Gasteiger partial charge in [-0.3, -0.25) is 4.79 Å². The first-order valence-electron chi connectivity index (χ1n) is 14.2. The lowest BCUT2D eigenvalue weighted by atomic mass is 9.83. The van der Waals surface area contributed by atoms with Crippen LogP contribution in [0.2, 0.25) is 0 Å². The van der Waals surface area contributed by atoms with E-state index in [0.29, 0.717) is 5.69 Å². The van der Waals surface area contributed by atoms with Gasteiger partial charge in [0.25, 0.3) is 5.91 Å². The van der Waals surface area contributed by atoms with Gasteiger partial charge in [0.1, 0.15) is 11.4 Å². The van der Waals surface area contributed by atoms with Crippen molar-refractivity contribution in [1.82, 2.24) is 20.1 Å². The number of benzene rings is 2. The third kappa shape index (κ3) is 5.27. The van der Waals surface area contributed by atoms with Crippen LogP contribution in [0.1, 0.15) is 55.4 Å². The van der Waals surface area contributed by atoms with Gasteiger partial charge in [-0.05, 0) is 92.9 Å². The number of rotatable bonds is 6. The van der Waals surface area contributed by atoms with E-state index in [1.165, 1.54) is 51.7 Å². The number of carbonyl (C=O) groups is 1. The highest BCUT2D eigenvalue weighted by atomic mass is 16.5. The van der Waals surface area contributed by atoms with E-state index < -0.39 is 0 Å². The molecule has 196 valence electrons. The number of carbonyl (C=O) groups excluding carboxylic acids is 1. The maximum Gasteiger partial charge on any atom is 0.267 e. The molecule has 6 nitrogen and oxygen atoms in total. The molecule has 1 amide bonds. The van der Waals surface area contributed by atoms with Gasteiger partial charge in [-0.25, -0.2) is 0 Å². The zero-order chi connectivity index (χ0) is 25.2. The lowest BCUT2D eigenvalue weighted by molar-refractivity contribution is 0.0351. The number of likely N-dealkylation sites (tertiary alicyclic amines) is 1. The van der Waals surface area contributed by atoms with Crippen LogP contribution in [0.4, 0.5) is 0 Å². The average molecular weight is 501 g/mol. The van der Waals surface area contributed by atoms with Gasteiger partial charge in [-0.1, -0.05) is 30.7 Å². The van der Waals surface area contributed by atoms with E-state index in [1.54, 1.807) is 7.11 Å². The zero-order valence-corrected chi connectivity index (χ0v) is 22.0. The number of amides is 1. The molecular weight excluding hydrogens is 460 g/mol. The number of nitrogens with zero attached hydrogens (tertiary/aromatic N) is 2. The monoisotopic (exact) mass is 500 g/mol. The number of methoxy groups -OCH3 is 1. The third-order valence-electron chi connectivity index (χ3n) is 8.95. The highest BCUT2D eigenvalue weighted by molar-refractivity contribution is 6.03. The van der Waals surface area contributed by atoms with Gasteiger partial charge in [0.15, 0.2) is 0 Å². The Balaban J connectivity index is 1.06. The van der Waals surface area contributed by atoms with E-state index in [2.05, 4.69) is 38.3 Å². The molecule has 6 heteroatoms. The number of hydrogen-bond acceptors (Lipinski definition) is 4. The van der Waals surface area contributed by atoms with Crippen molar-refractivity contribution in [3.8, 4) is 16.9 Å². The first-order valence-corrected chi connectivity index (χ1v) is 14.2. The van der Waals surface area contributed by atoms with Gasteiger partial charge >= 0.3 is 0 Å². The number of nitrogens with one attached hydrogen (secondary N) is 2. The fourth-order valence-electron chi connectivity index (χ4n) is 6.94. The van der Waals surface area contributed by atoms with E-state index in [-0.39, 0.29) is 11.9 Å². The molecule has 0 bridgehead atoms. The molecule has 1 aromatic heterocycles. The topological polar surface area (TPSA) is 60.6 Å². The first-order chi connectivity index (χ1) is 18.2.